The van der Waals surface area contributed by atoms with Crippen LogP contribution in [0.5, 0.6) is 0 Å². The lowest BCUT2D eigenvalue weighted by molar-refractivity contribution is -0.185. The Labute approximate surface area is 89.9 Å². The highest BCUT2D eigenvalue weighted by molar-refractivity contribution is 5.78. The fourth-order valence-corrected chi connectivity index (χ4v) is 1.18. The molecule has 1 atom stereocenters. The summed E-state index contributed by atoms with van der Waals surface area (Å²) >= 11 is 0. The van der Waals surface area contributed by atoms with Crippen molar-refractivity contribution >= 4 is 6.21 Å². The summed E-state index contributed by atoms with van der Waals surface area (Å²) in [5.74, 6) is -0.190. The Bertz CT molecular complexity index is 314. The molecule has 0 aromatic rings. The van der Waals surface area contributed by atoms with Crippen molar-refractivity contribution < 1.29 is 18.0 Å². The van der Waals surface area contributed by atoms with E-state index >= 15 is 0 Å². The molecule has 0 amide bonds. The molecule has 0 aliphatic carbocycles. The number of hydrazone groups is 1. The molecule has 1 aliphatic heterocycles. The number of nitrogens with one attached hydrogen (secondary N) is 2. The highest BCUT2D eigenvalue weighted by Crippen LogP contribution is 2.26. The number of halogens is 3. The molecular weight excluding hydrogens is 227 g/mol. The van der Waals surface area contributed by atoms with Gasteiger partial charge in [0.05, 0.1) is 6.21 Å². The van der Waals surface area contributed by atoms with E-state index in [1.54, 1.807) is 0 Å². The van der Waals surface area contributed by atoms with Gasteiger partial charge in [0.25, 0.3) is 0 Å². The summed E-state index contributed by atoms with van der Waals surface area (Å²) in [6.07, 6.45) is -5.24. The minimum absolute atomic E-state index is 0.0374. The van der Waals surface area contributed by atoms with Gasteiger partial charge in [0, 0.05) is 14.1 Å². The summed E-state index contributed by atoms with van der Waals surface area (Å²) in [5, 5.41) is 3.38. The number of hydrogen-bond donors (Lipinski definition) is 3. The molecule has 0 spiro atoms. The zero-order chi connectivity index (χ0) is 12.3. The normalized spacial score (nSPS) is 24.1. The van der Waals surface area contributed by atoms with Crippen molar-refractivity contribution in [2.45, 2.75) is 12.3 Å². The van der Waals surface area contributed by atoms with Crippen LogP contribution in [0.1, 0.15) is 0 Å². The first kappa shape index (κ1) is 12.4. The van der Waals surface area contributed by atoms with Gasteiger partial charge < -0.3 is 15.5 Å². The van der Waals surface area contributed by atoms with Crippen LogP contribution >= 0.6 is 0 Å². The Morgan fingerprint density at radius 1 is 1.69 bits per heavy atom. The smallest absolute Gasteiger partial charge is 0.389 e. The Balaban J connectivity index is 2.95. The Kier molecular flexibility index (Phi) is 3.48. The first-order valence-electron chi connectivity index (χ1n) is 4.29. The van der Waals surface area contributed by atoms with Gasteiger partial charge >= 0.3 is 6.18 Å². The van der Waals surface area contributed by atoms with Gasteiger partial charge in [0.2, 0.25) is 12.0 Å². The average molecular weight is 239 g/mol. The van der Waals surface area contributed by atoms with Crippen molar-refractivity contribution in [2.75, 3.05) is 14.1 Å². The van der Waals surface area contributed by atoms with Crippen molar-refractivity contribution in [1.82, 2.24) is 15.8 Å². The van der Waals surface area contributed by atoms with Crippen LogP contribution in [-0.4, -0.2) is 37.6 Å². The Morgan fingerprint density at radius 3 is 2.81 bits per heavy atom. The second-order valence-electron chi connectivity index (χ2n) is 3.00. The molecule has 0 aromatic carbocycles. The van der Waals surface area contributed by atoms with E-state index < -0.39 is 12.3 Å². The van der Waals surface area contributed by atoms with Gasteiger partial charge in [-0.3, -0.25) is 5.43 Å². The summed E-state index contributed by atoms with van der Waals surface area (Å²) in [7, 11) is 2.67. The van der Waals surface area contributed by atoms with Crippen LogP contribution in [0.15, 0.2) is 16.7 Å². The third kappa shape index (κ3) is 2.48. The molecule has 1 unspecified atom stereocenters. The second kappa shape index (κ2) is 4.47. The third-order valence-electron chi connectivity index (χ3n) is 1.93. The van der Waals surface area contributed by atoms with Gasteiger partial charge in [-0.1, -0.05) is 0 Å². The minimum atomic E-state index is -4.46. The van der Waals surface area contributed by atoms with Crippen LogP contribution in [0.3, 0.4) is 0 Å². The first-order valence-corrected chi connectivity index (χ1v) is 4.29. The standard InChI is InChI=1S/C7H12F3N5O/c1-12-16-5(11)4-3-13-14-6(15(4)2)7(8,9)10/h3,6,12,14H,11H2,1-2H3. The quantitative estimate of drug-likeness (QED) is 0.454. The van der Waals surface area contributed by atoms with Crippen molar-refractivity contribution in [1.29, 1.82) is 0 Å². The maximum atomic E-state index is 12.5. The lowest BCUT2D eigenvalue weighted by atomic mass is 10.3. The highest BCUT2D eigenvalue weighted by Gasteiger charge is 2.45. The third-order valence-corrected chi connectivity index (χ3v) is 1.93. The summed E-state index contributed by atoms with van der Waals surface area (Å²) in [4.78, 5) is 5.58. The second-order valence-corrected chi connectivity index (χ2v) is 3.00. The van der Waals surface area contributed by atoms with Gasteiger partial charge in [-0.05, 0) is 0 Å². The molecule has 0 radical (unpaired) electrons. The van der Waals surface area contributed by atoms with Gasteiger partial charge in [-0.25, -0.2) is 0 Å². The fraction of sp³-hybridized carbons (Fsp3) is 0.571. The number of hydrogen-bond acceptors (Lipinski definition) is 6. The van der Waals surface area contributed by atoms with Crippen molar-refractivity contribution in [3.05, 3.63) is 11.6 Å². The van der Waals surface area contributed by atoms with Crippen molar-refractivity contribution in [3.63, 3.8) is 0 Å². The van der Waals surface area contributed by atoms with Gasteiger partial charge in [0.1, 0.15) is 5.70 Å². The largest absolute Gasteiger partial charge is 0.428 e. The molecule has 1 rings (SSSR count). The van der Waals surface area contributed by atoms with E-state index in [9.17, 15) is 13.2 Å². The molecule has 1 heterocycles. The molecule has 1 aliphatic rings. The van der Waals surface area contributed by atoms with Crippen LogP contribution in [0.25, 0.3) is 0 Å². The molecular formula is C7H12F3N5O. The molecule has 4 N–H and O–H groups in total. The van der Waals surface area contributed by atoms with Crippen molar-refractivity contribution in [2.24, 2.45) is 10.8 Å². The Morgan fingerprint density at radius 2 is 2.31 bits per heavy atom. The van der Waals surface area contributed by atoms with E-state index in [4.69, 9.17) is 10.6 Å². The number of rotatable bonds is 2. The monoisotopic (exact) mass is 239 g/mol. The van der Waals surface area contributed by atoms with Crippen LogP contribution in [-0.2, 0) is 4.84 Å². The van der Waals surface area contributed by atoms with Crippen LogP contribution in [0.4, 0.5) is 13.2 Å². The molecule has 0 aromatic heterocycles. The average Bonchev–Trinajstić information content (AvgIpc) is 2.16. The van der Waals surface area contributed by atoms with Crippen molar-refractivity contribution in [3.8, 4) is 0 Å². The van der Waals surface area contributed by atoms with E-state index in [-0.39, 0.29) is 11.6 Å². The van der Waals surface area contributed by atoms with E-state index in [1.165, 1.54) is 14.1 Å². The number of hydroxylamine groups is 1. The summed E-state index contributed by atoms with van der Waals surface area (Å²) in [5.41, 5.74) is 9.67. The predicted molar refractivity (Wildman–Crippen MR) is 50.6 cm³/mol. The summed E-state index contributed by atoms with van der Waals surface area (Å²) in [6.45, 7) is 0. The number of nitrogens with zero attached hydrogens (tertiary/aromatic N) is 2. The molecule has 92 valence electrons. The van der Waals surface area contributed by atoms with E-state index in [0.29, 0.717) is 0 Å². The van der Waals surface area contributed by atoms with Gasteiger partial charge in [0.15, 0.2) is 0 Å². The zero-order valence-corrected chi connectivity index (χ0v) is 8.67. The molecule has 0 fully saturated rings. The van der Waals surface area contributed by atoms with Crippen LogP contribution < -0.4 is 16.6 Å². The first-order chi connectivity index (χ1) is 7.38. The molecule has 16 heavy (non-hydrogen) atoms. The highest BCUT2D eigenvalue weighted by atomic mass is 19.4. The van der Waals surface area contributed by atoms with Gasteiger partial charge in [-0.2, -0.15) is 23.8 Å². The minimum Gasteiger partial charge on any atom is -0.389 e. The van der Waals surface area contributed by atoms with Crippen LogP contribution in [0, 0.1) is 0 Å². The van der Waals surface area contributed by atoms with E-state index in [1.807, 2.05) is 5.43 Å². The topological polar surface area (TPSA) is 74.9 Å². The Hall–Kier alpha value is -1.64. The molecule has 0 saturated carbocycles. The SMILES string of the molecule is CNOC(N)=C1C=NNC(C(F)(F)F)N1C. The maximum absolute atomic E-state index is 12.5. The molecule has 9 heteroatoms. The lowest BCUT2D eigenvalue weighted by Gasteiger charge is -2.34. The number of allylic oxidation sites excluding steroid dienone is 1. The number of alkyl halides is 3. The maximum Gasteiger partial charge on any atom is 0.428 e. The predicted octanol–water partition coefficient (Wildman–Crippen LogP) is -0.326. The number of nitrogens with two attached hydrogens (primary N) is 1. The summed E-state index contributed by atoms with van der Waals surface area (Å²) < 4.78 is 37.5. The molecule has 0 bridgehead atoms. The fourth-order valence-electron chi connectivity index (χ4n) is 1.18. The van der Waals surface area contributed by atoms with E-state index in [0.717, 1.165) is 11.1 Å². The van der Waals surface area contributed by atoms with E-state index in [2.05, 4.69) is 10.6 Å². The molecule has 6 nitrogen and oxygen atoms in total. The molecule has 0 saturated heterocycles. The lowest BCUT2D eigenvalue weighted by Crippen LogP contribution is -2.54. The summed E-state index contributed by atoms with van der Waals surface area (Å²) in [6, 6.07) is 0. The zero-order valence-electron chi connectivity index (χ0n) is 8.67. The van der Waals surface area contributed by atoms with Crippen LogP contribution in [0.2, 0.25) is 0 Å². The van der Waals surface area contributed by atoms with Gasteiger partial charge in [-0.15, -0.1) is 0 Å².